The molecule has 0 aromatic heterocycles. The fourth-order valence-electron chi connectivity index (χ4n) is 2.71. The molecule has 0 bridgehead atoms. The number of halogens is 2. The van der Waals surface area contributed by atoms with Crippen molar-refractivity contribution in [3.05, 3.63) is 35.6 Å². The van der Waals surface area contributed by atoms with Crippen LogP contribution in [-0.2, 0) is 9.84 Å². The number of nitrogens with one attached hydrogen (secondary N) is 1. The zero-order chi connectivity index (χ0) is 18.7. The van der Waals surface area contributed by atoms with E-state index in [0.717, 1.165) is 0 Å². The molecule has 2 rings (SSSR count). The number of guanidine groups is 1. The molecule has 1 heterocycles. The number of benzene rings is 1. The van der Waals surface area contributed by atoms with E-state index in [4.69, 9.17) is 0 Å². The van der Waals surface area contributed by atoms with Crippen molar-refractivity contribution in [3.8, 4) is 0 Å². The molecule has 0 radical (unpaired) electrons. The Bertz CT molecular complexity index is 723. The molecule has 1 atom stereocenters. The van der Waals surface area contributed by atoms with E-state index in [-0.39, 0.29) is 42.1 Å². The SMILES string of the molecule is CCNC(=NCC(O)c1ccc(F)cc1)N1CCS(=O)(=O)C(C)(C)C1.I. The van der Waals surface area contributed by atoms with E-state index in [1.54, 1.807) is 13.8 Å². The number of hydrogen-bond acceptors (Lipinski definition) is 4. The van der Waals surface area contributed by atoms with Gasteiger partial charge >= 0.3 is 0 Å². The van der Waals surface area contributed by atoms with Crippen LogP contribution in [0.3, 0.4) is 0 Å². The third kappa shape index (κ3) is 5.53. The monoisotopic (exact) mass is 499 g/mol. The van der Waals surface area contributed by atoms with E-state index in [1.807, 2.05) is 11.8 Å². The summed E-state index contributed by atoms with van der Waals surface area (Å²) in [5.74, 6) is 0.293. The summed E-state index contributed by atoms with van der Waals surface area (Å²) in [5.41, 5.74) is 0.586. The van der Waals surface area contributed by atoms with Crippen molar-refractivity contribution >= 4 is 39.8 Å². The normalized spacial score (nSPS) is 20.2. The van der Waals surface area contributed by atoms with Crippen molar-refractivity contribution in [1.29, 1.82) is 0 Å². The van der Waals surface area contributed by atoms with Gasteiger partial charge in [0.1, 0.15) is 5.82 Å². The average Bonchev–Trinajstić information content (AvgIpc) is 2.54. The minimum Gasteiger partial charge on any atom is -0.386 e. The molecule has 0 amide bonds. The van der Waals surface area contributed by atoms with E-state index in [0.29, 0.717) is 31.2 Å². The molecule has 1 fully saturated rings. The van der Waals surface area contributed by atoms with Gasteiger partial charge in [-0.25, -0.2) is 12.8 Å². The lowest BCUT2D eigenvalue weighted by molar-refractivity contribution is 0.186. The second kappa shape index (κ2) is 9.32. The lowest BCUT2D eigenvalue weighted by Gasteiger charge is -2.39. The second-order valence-corrected chi connectivity index (χ2v) is 9.51. The molecule has 0 aliphatic carbocycles. The Morgan fingerprint density at radius 1 is 1.38 bits per heavy atom. The summed E-state index contributed by atoms with van der Waals surface area (Å²) in [4.78, 5) is 6.35. The van der Waals surface area contributed by atoms with Gasteiger partial charge in [-0.3, -0.25) is 4.99 Å². The number of aliphatic imine (C=N–C) groups is 1. The number of aliphatic hydroxyl groups excluding tert-OH is 1. The van der Waals surface area contributed by atoms with Gasteiger partial charge in [0.15, 0.2) is 15.8 Å². The second-order valence-electron chi connectivity index (χ2n) is 6.76. The Morgan fingerprint density at radius 3 is 2.54 bits per heavy atom. The number of sulfone groups is 1. The van der Waals surface area contributed by atoms with Crippen LogP contribution < -0.4 is 5.32 Å². The molecule has 1 aromatic rings. The highest BCUT2D eigenvalue weighted by Crippen LogP contribution is 2.24. The highest BCUT2D eigenvalue weighted by Gasteiger charge is 2.40. The average molecular weight is 499 g/mol. The fraction of sp³-hybridized carbons (Fsp3) is 0.588. The first kappa shape index (κ1) is 23.1. The van der Waals surface area contributed by atoms with Crippen molar-refractivity contribution in [2.75, 3.05) is 31.9 Å². The summed E-state index contributed by atoms with van der Waals surface area (Å²) in [7, 11) is -3.13. The van der Waals surface area contributed by atoms with Crippen LogP contribution in [0.4, 0.5) is 4.39 Å². The maximum absolute atomic E-state index is 13.0. The van der Waals surface area contributed by atoms with E-state index in [1.165, 1.54) is 24.3 Å². The molecule has 26 heavy (non-hydrogen) atoms. The van der Waals surface area contributed by atoms with Gasteiger partial charge in [0.05, 0.1) is 23.1 Å². The minimum atomic E-state index is -3.13. The quantitative estimate of drug-likeness (QED) is 0.376. The predicted molar refractivity (Wildman–Crippen MR) is 112 cm³/mol. The van der Waals surface area contributed by atoms with Gasteiger partial charge in [-0.1, -0.05) is 12.1 Å². The number of hydrogen-bond donors (Lipinski definition) is 2. The van der Waals surface area contributed by atoms with Gasteiger partial charge in [0.25, 0.3) is 0 Å². The lowest BCUT2D eigenvalue weighted by Crippen LogP contribution is -2.57. The van der Waals surface area contributed by atoms with Crippen molar-refractivity contribution in [2.24, 2.45) is 4.99 Å². The fourth-order valence-corrected chi connectivity index (χ4v) is 4.08. The maximum atomic E-state index is 13.0. The zero-order valence-corrected chi connectivity index (χ0v) is 18.4. The van der Waals surface area contributed by atoms with Crippen LogP contribution in [0.15, 0.2) is 29.3 Å². The highest BCUT2D eigenvalue weighted by atomic mass is 127. The maximum Gasteiger partial charge on any atom is 0.194 e. The van der Waals surface area contributed by atoms with Crippen LogP contribution in [0.5, 0.6) is 0 Å². The van der Waals surface area contributed by atoms with Gasteiger partial charge in [-0.15, -0.1) is 24.0 Å². The Kier molecular flexibility index (Phi) is 8.28. The molecule has 6 nitrogen and oxygen atoms in total. The lowest BCUT2D eigenvalue weighted by atomic mass is 10.1. The van der Waals surface area contributed by atoms with Crippen molar-refractivity contribution in [3.63, 3.8) is 0 Å². The van der Waals surface area contributed by atoms with Crippen LogP contribution in [0.2, 0.25) is 0 Å². The minimum absolute atomic E-state index is 0. The highest BCUT2D eigenvalue weighted by molar-refractivity contribution is 14.0. The van der Waals surface area contributed by atoms with Crippen molar-refractivity contribution in [2.45, 2.75) is 31.6 Å². The number of aliphatic hydroxyl groups is 1. The summed E-state index contributed by atoms with van der Waals surface area (Å²) in [6.07, 6.45) is -0.851. The Morgan fingerprint density at radius 2 is 2.00 bits per heavy atom. The molecule has 1 aromatic carbocycles. The van der Waals surface area contributed by atoms with Gasteiger partial charge in [-0.2, -0.15) is 0 Å². The molecule has 1 aliphatic heterocycles. The van der Waals surface area contributed by atoms with E-state index >= 15 is 0 Å². The molecule has 1 unspecified atom stereocenters. The van der Waals surface area contributed by atoms with Gasteiger partial charge in [0.2, 0.25) is 0 Å². The topological polar surface area (TPSA) is 82.0 Å². The van der Waals surface area contributed by atoms with Crippen LogP contribution in [0.1, 0.15) is 32.4 Å². The Labute approximate surface area is 171 Å². The molecule has 0 saturated carbocycles. The van der Waals surface area contributed by atoms with Crippen molar-refractivity contribution < 1.29 is 17.9 Å². The van der Waals surface area contributed by atoms with E-state index < -0.39 is 20.7 Å². The smallest absolute Gasteiger partial charge is 0.194 e. The first-order valence-electron chi connectivity index (χ1n) is 8.35. The largest absolute Gasteiger partial charge is 0.386 e. The summed E-state index contributed by atoms with van der Waals surface area (Å²) in [6.45, 7) is 6.81. The first-order valence-corrected chi connectivity index (χ1v) is 10.0. The Hall–Kier alpha value is -0.940. The standard InChI is InChI=1S/C17H26FN3O3S.HI/c1-4-19-16(21-9-10-25(23,24)17(2,3)12-21)20-11-15(22)13-5-7-14(18)8-6-13;/h5-8,15,22H,4,9-12H2,1-3H3,(H,19,20);1H. The molecular formula is C17H27FIN3O3S. The van der Waals surface area contributed by atoms with E-state index in [9.17, 15) is 17.9 Å². The molecule has 1 saturated heterocycles. The number of nitrogens with zero attached hydrogens (tertiary/aromatic N) is 2. The molecular weight excluding hydrogens is 472 g/mol. The van der Waals surface area contributed by atoms with Crippen LogP contribution in [0.25, 0.3) is 0 Å². The third-order valence-corrected chi connectivity index (χ3v) is 6.88. The van der Waals surface area contributed by atoms with Crippen LogP contribution in [0, 0.1) is 5.82 Å². The number of rotatable bonds is 4. The summed E-state index contributed by atoms with van der Waals surface area (Å²) < 4.78 is 36.4. The summed E-state index contributed by atoms with van der Waals surface area (Å²) >= 11 is 0. The van der Waals surface area contributed by atoms with Gasteiger partial charge in [-0.05, 0) is 38.5 Å². The van der Waals surface area contributed by atoms with Gasteiger partial charge in [0, 0.05) is 19.6 Å². The Balaban J connectivity index is 0.00000338. The summed E-state index contributed by atoms with van der Waals surface area (Å²) in [5, 5.41) is 13.4. The predicted octanol–water partition coefficient (Wildman–Crippen LogP) is 1.95. The zero-order valence-electron chi connectivity index (χ0n) is 15.3. The molecule has 0 spiro atoms. The van der Waals surface area contributed by atoms with Crippen LogP contribution >= 0.6 is 24.0 Å². The molecule has 148 valence electrons. The first-order chi connectivity index (χ1) is 11.7. The van der Waals surface area contributed by atoms with Crippen molar-refractivity contribution in [1.82, 2.24) is 10.2 Å². The van der Waals surface area contributed by atoms with Crippen LogP contribution in [-0.4, -0.2) is 61.1 Å². The third-order valence-electron chi connectivity index (χ3n) is 4.35. The summed E-state index contributed by atoms with van der Waals surface area (Å²) in [6, 6.07) is 5.65. The molecule has 9 heteroatoms. The molecule has 2 N–H and O–H groups in total. The van der Waals surface area contributed by atoms with E-state index in [2.05, 4.69) is 10.3 Å². The van der Waals surface area contributed by atoms with Gasteiger partial charge < -0.3 is 15.3 Å². The molecule has 1 aliphatic rings.